The van der Waals surface area contributed by atoms with E-state index < -0.39 is 0 Å². The smallest absolute Gasteiger partial charge is 0.0542 e. The van der Waals surface area contributed by atoms with E-state index in [2.05, 4.69) is 53.1 Å². The molecule has 0 aliphatic carbocycles. The monoisotopic (exact) mass is 324 g/mol. The highest BCUT2D eigenvalue weighted by atomic mass is 79.9. The number of thiophene rings is 1. The second kappa shape index (κ2) is 5.95. The third-order valence-corrected chi connectivity index (χ3v) is 4.37. The summed E-state index contributed by atoms with van der Waals surface area (Å²) in [6, 6.07) is 6.69. The van der Waals surface area contributed by atoms with E-state index >= 15 is 0 Å². The van der Waals surface area contributed by atoms with Crippen LogP contribution in [0.3, 0.4) is 0 Å². The predicted octanol–water partition coefficient (Wildman–Crippen LogP) is 4.37. The number of halogens is 1. The molecule has 0 aliphatic heterocycles. The van der Waals surface area contributed by atoms with Crippen molar-refractivity contribution < 1.29 is 0 Å². The minimum atomic E-state index is 0.361. The van der Waals surface area contributed by atoms with Crippen LogP contribution in [0.25, 0.3) is 0 Å². The van der Waals surface area contributed by atoms with Crippen LogP contribution in [0, 0.1) is 13.8 Å². The van der Waals surface area contributed by atoms with Gasteiger partial charge < -0.3 is 5.32 Å². The Morgan fingerprint density at radius 1 is 1.39 bits per heavy atom. The van der Waals surface area contributed by atoms with Gasteiger partial charge in [0.1, 0.15) is 0 Å². The van der Waals surface area contributed by atoms with E-state index in [0.717, 1.165) is 16.7 Å². The molecule has 1 atom stereocenters. The molecule has 2 aromatic rings. The lowest BCUT2D eigenvalue weighted by atomic mass is 10.1. The van der Waals surface area contributed by atoms with E-state index in [0.29, 0.717) is 6.04 Å². The Morgan fingerprint density at radius 3 is 2.72 bits per heavy atom. The fourth-order valence-corrected chi connectivity index (χ4v) is 3.22. The van der Waals surface area contributed by atoms with Crippen LogP contribution in [0.15, 0.2) is 28.9 Å². The lowest BCUT2D eigenvalue weighted by molar-refractivity contribution is 0.567. The molecule has 0 radical (unpaired) electrons. The van der Waals surface area contributed by atoms with E-state index in [-0.39, 0.29) is 0 Å². The number of nitrogens with zero attached hydrogens (tertiary/aromatic N) is 1. The van der Waals surface area contributed by atoms with Crippen LogP contribution in [0.1, 0.15) is 34.0 Å². The van der Waals surface area contributed by atoms with Gasteiger partial charge in [-0.05, 0) is 60.5 Å². The van der Waals surface area contributed by atoms with Gasteiger partial charge in [0, 0.05) is 33.0 Å². The maximum absolute atomic E-state index is 4.36. The summed E-state index contributed by atoms with van der Waals surface area (Å²) in [5.41, 5.74) is 2.46. The van der Waals surface area contributed by atoms with Crippen molar-refractivity contribution >= 4 is 27.3 Å². The molecule has 2 rings (SSSR count). The summed E-state index contributed by atoms with van der Waals surface area (Å²) in [7, 11) is 0. The first kappa shape index (κ1) is 13.7. The predicted molar refractivity (Wildman–Crippen MR) is 81.0 cm³/mol. The van der Waals surface area contributed by atoms with Crippen molar-refractivity contribution in [3.8, 4) is 0 Å². The quantitative estimate of drug-likeness (QED) is 0.903. The highest BCUT2D eigenvalue weighted by molar-refractivity contribution is 9.10. The molecule has 18 heavy (non-hydrogen) atoms. The van der Waals surface area contributed by atoms with Gasteiger partial charge in [0.25, 0.3) is 0 Å². The Morgan fingerprint density at radius 2 is 2.17 bits per heavy atom. The second-order valence-electron chi connectivity index (χ2n) is 4.44. The maximum atomic E-state index is 4.36. The molecular formula is C14H17BrN2S. The Balaban J connectivity index is 1.98. The molecule has 0 bridgehead atoms. The molecule has 1 N–H and O–H groups in total. The van der Waals surface area contributed by atoms with Crippen molar-refractivity contribution in [1.29, 1.82) is 0 Å². The largest absolute Gasteiger partial charge is 0.305 e. The highest BCUT2D eigenvalue weighted by Gasteiger charge is 2.10. The maximum Gasteiger partial charge on any atom is 0.0542 e. The molecule has 2 aromatic heterocycles. The fourth-order valence-electron chi connectivity index (χ4n) is 1.96. The average molecular weight is 325 g/mol. The van der Waals surface area contributed by atoms with Crippen molar-refractivity contribution in [2.24, 2.45) is 0 Å². The average Bonchev–Trinajstić information content (AvgIpc) is 2.67. The molecule has 96 valence electrons. The fraction of sp³-hybridized carbons (Fsp3) is 0.357. The van der Waals surface area contributed by atoms with Gasteiger partial charge in [0.15, 0.2) is 0 Å². The molecular weight excluding hydrogens is 308 g/mol. The van der Waals surface area contributed by atoms with Crippen LogP contribution in [-0.4, -0.2) is 4.98 Å². The zero-order valence-electron chi connectivity index (χ0n) is 10.8. The molecule has 0 aliphatic rings. The third kappa shape index (κ3) is 3.40. The molecule has 0 saturated heterocycles. The highest BCUT2D eigenvalue weighted by Crippen LogP contribution is 2.26. The zero-order chi connectivity index (χ0) is 13.1. The van der Waals surface area contributed by atoms with Crippen molar-refractivity contribution in [2.45, 2.75) is 33.4 Å². The van der Waals surface area contributed by atoms with Crippen LogP contribution < -0.4 is 5.32 Å². The summed E-state index contributed by atoms with van der Waals surface area (Å²) < 4.78 is 1.02. The summed E-state index contributed by atoms with van der Waals surface area (Å²) in [4.78, 5) is 7.14. The standard InChI is InChI=1S/C14H17BrN2S/c1-9-6-14(11(3)18-9)10(2)16-8-13-5-4-12(15)7-17-13/h4-7,10,16H,8H2,1-3H3. The number of hydrogen-bond acceptors (Lipinski definition) is 3. The van der Waals surface area contributed by atoms with Gasteiger partial charge in [0.2, 0.25) is 0 Å². The minimum absolute atomic E-state index is 0.361. The first-order valence-corrected chi connectivity index (χ1v) is 7.58. The molecule has 0 saturated carbocycles. The van der Waals surface area contributed by atoms with Crippen LogP contribution >= 0.6 is 27.3 Å². The Labute approximate surface area is 121 Å². The molecule has 4 heteroatoms. The van der Waals surface area contributed by atoms with Gasteiger partial charge >= 0.3 is 0 Å². The summed E-state index contributed by atoms with van der Waals surface area (Å²) in [6.45, 7) is 7.34. The Kier molecular flexibility index (Phi) is 4.54. The van der Waals surface area contributed by atoms with Crippen LogP contribution in [-0.2, 0) is 6.54 Å². The van der Waals surface area contributed by atoms with Crippen molar-refractivity contribution in [1.82, 2.24) is 10.3 Å². The summed E-state index contributed by atoms with van der Waals surface area (Å²) in [5.74, 6) is 0. The number of pyridine rings is 1. The molecule has 1 unspecified atom stereocenters. The van der Waals surface area contributed by atoms with Gasteiger partial charge in [0.05, 0.1) is 5.69 Å². The normalized spacial score (nSPS) is 12.7. The molecule has 2 heterocycles. The van der Waals surface area contributed by atoms with E-state index in [1.807, 2.05) is 29.7 Å². The topological polar surface area (TPSA) is 24.9 Å². The third-order valence-electron chi connectivity index (χ3n) is 2.92. The van der Waals surface area contributed by atoms with Gasteiger partial charge in [-0.15, -0.1) is 11.3 Å². The second-order valence-corrected chi connectivity index (χ2v) is 6.82. The SMILES string of the molecule is Cc1cc(C(C)NCc2ccc(Br)cn2)c(C)s1. The van der Waals surface area contributed by atoms with Crippen molar-refractivity contribution in [3.05, 3.63) is 49.9 Å². The minimum Gasteiger partial charge on any atom is -0.305 e. The zero-order valence-corrected chi connectivity index (χ0v) is 13.2. The van der Waals surface area contributed by atoms with Gasteiger partial charge in [-0.1, -0.05) is 0 Å². The summed E-state index contributed by atoms with van der Waals surface area (Å²) in [5, 5.41) is 3.52. The van der Waals surface area contributed by atoms with Gasteiger partial charge in [-0.3, -0.25) is 4.98 Å². The van der Waals surface area contributed by atoms with Crippen molar-refractivity contribution in [2.75, 3.05) is 0 Å². The van der Waals surface area contributed by atoms with Crippen LogP contribution in [0.5, 0.6) is 0 Å². The van der Waals surface area contributed by atoms with Gasteiger partial charge in [-0.25, -0.2) is 0 Å². The Hall–Kier alpha value is -0.710. The Bertz CT molecular complexity index is 519. The van der Waals surface area contributed by atoms with Crippen LogP contribution in [0.2, 0.25) is 0 Å². The lowest BCUT2D eigenvalue weighted by Crippen LogP contribution is -2.18. The van der Waals surface area contributed by atoms with Crippen molar-refractivity contribution in [3.63, 3.8) is 0 Å². The van der Waals surface area contributed by atoms with E-state index in [4.69, 9.17) is 0 Å². The number of rotatable bonds is 4. The molecule has 0 fully saturated rings. The lowest BCUT2D eigenvalue weighted by Gasteiger charge is -2.13. The first-order valence-electron chi connectivity index (χ1n) is 5.97. The first-order chi connectivity index (χ1) is 8.56. The number of aromatic nitrogens is 1. The number of hydrogen-bond donors (Lipinski definition) is 1. The van der Waals surface area contributed by atoms with E-state index in [9.17, 15) is 0 Å². The summed E-state index contributed by atoms with van der Waals surface area (Å²) >= 11 is 5.25. The van der Waals surface area contributed by atoms with Gasteiger partial charge in [-0.2, -0.15) is 0 Å². The summed E-state index contributed by atoms with van der Waals surface area (Å²) in [6.07, 6.45) is 1.83. The molecule has 0 amide bonds. The molecule has 0 spiro atoms. The van der Waals surface area contributed by atoms with E-state index in [1.165, 1.54) is 15.3 Å². The number of nitrogens with one attached hydrogen (secondary N) is 1. The van der Waals surface area contributed by atoms with E-state index in [1.54, 1.807) is 0 Å². The molecule has 0 aromatic carbocycles. The molecule has 2 nitrogen and oxygen atoms in total. The van der Waals surface area contributed by atoms with Crippen LogP contribution in [0.4, 0.5) is 0 Å². The number of aryl methyl sites for hydroxylation is 2.